The third-order valence-corrected chi connectivity index (χ3v) is 3.04. The Labute approximate surface area is 99.9 Å². The fourth-order valence-corrected chi connectivity index (χ4v) is 2.12. The molecule has 1 aromatic carbocycles. The van der Waals surface area contributed by atoms with Crippen molar-refractivity contribution in [1.82, 2.24) is 10.2 Å². The number of esters is 1. The summed E-state index contributed by atoms with van der Waals surface area (Å²) < 4.78 is 10.4. The van der Waals surface area contributed by atoms with E-state index in [2.05, 4.69) is 26.1 Å². The first-order valence-electron chi connectivity index (χ1n) is 4.47. The van der Waals surface area contributed by atoms with E-state index >= 15 is 0 Å². The average Bonchev–Trinajstić information content (AvgIpc) is 2.74. The molecule has 0 radical (unpaired) electrons. The number of nitrogens with zero attached hydrogens (tertiary/aromatic N) is 1. The van der Waals surface area contributed by atoms with Crippen LogP contribution in [0.4, 0.5) is 0 Å². The molecule has 2 rings (SSSR count). The van der Waals surface area contributed by atoms with E-state index in [0.717, 1.165) is 5.39 Å². The van der Waals surface area contributed by atoms with E-state index in [1.165, 1.54) is 14.2 Å². The summed E-state index contributed by atoms with van der Waals surface area (Å²) in [6.45, 7) is 0. The van der Waals surface area contributed by atoms with Gasteiger partial charge in [-0.05, 0) is 22.0 Å². The second-order valence-corrected chi connectivity index (χ2v) is 3.89. The Morgan fingerprint density at radius 1 is 1.50 bits per heavy atom. The number of methoxy groups -OCH3 is 2. The number of aromatic amines is 1. The van der Waals surface area contributed by atoms with Gasteiger partial charge in [-0.1, -0.05) is 0 Å². The summed E-state index contributed by atoms with van der Waals surface area (Å²) in [5.41, 5.74) is 1.01. The highest BCUT2D eigenvalue weighted by Gasteiger charge is 2.20. The molecule has 0 unspecified atom stereocenters. The van der Waals surface area contributed by atoms with Crippen LogP contribution < -0.4 is 4.74 Å². The Kier molecular flexibility index (Phi) is 2.82. The van der Waals surface area contributed by atoms with E-state index in [1.54, 1.807) is 12.3 Å². The molecule has 0 atom stereocenters. The van der Waals surface area contributed by atoms with Crippen LogP contribution in [-0.2, 0) is 4.74 Å². The molecule has 1 heterocycles. The van der Waals surface area contributed by atoms with Crippen LogP contribution in [0, 0.1) is 0 Å². The summed E-state index contributed by atoms with van der Waals surface area (Å²) in [7, 11) is 2.86. The Morgan fingerprint density at radius 2 is 2.25 bits per heavy atom. The molecule has 1 N–H and O–H groups in total. The summed E-state index contributed by atoms with van der Waals surface area (Å²) in [5, 5.41) is 7.44. The Hall–Kier alpha value is -1.56. The molecule has 16 heavy (non-hydrogen) atoms. The van der Waals surface area contributed by atoms with Crippen molar-refractivity contribution in [1.29, 1.82) is 0 Å². The normalized spacial score (nSPS) is 10.4. The second-order valence-electron chi connectivity index (χ2n) is 3.09. The number of halogens is 1. The molecular formula is C10H9BrN2O3. The maximum atomic E-state index is 11.7. The summed E-state index contributed by atoms with van der Waals surface area (Å²) >= 11 is 3.32. The van der Waals surface area contributed by atoms with Crippen LogP contribution in [0.3, 0.4) is 0 Å². The van der Waals surface area contributed by atoms with Crippen molar-refractivity contribution in [2.75, 3.05) is 14.2 Å². The first kappa shape index (κ1) is 10.9. The SMILES string of the molecule is COC(=O)c1c(Br)c(OC)cc2cn[nH]c12. The molecule has 0 bridgehead atoms. The van der Waals surface area contributed by atoms with Gasteiger partial charge in [0, 0.05) is 5.39 Å². The number of fused-ring (bicyclic) bond motifs is 1. The summed E-state index contributed by atoms with van der Waals surface area (Å²) in [6, 6.07) is 1.79. The molecule has 0 spiro atoms. The van der Waals surface area contributed by atoms with Gasteiger partial charge < -0.3 is 9.47 Å². The summed E-state index contributed by atoms with van der Waals surface area (Å²) in [5.74, 6) is 0.120. The standard InChI is InChI=1S/C10H9BrN2O3/c1-15-6-3-5-4-12-13-9(5)7(8(6)11)10(14)16-2/h3-4H,1-2H3,(H,12,13). The number of aromatic nitrogens is 2. The van der Waals surface area contributed by atoms with E-state index in [-0.39, 0.29) is 0 Å². The number of ether oxygens (including phenoxy) is 2. The van der Waals surface area contributed by atoms with Crippen molar-refractivity contribution in [3.05, 3.63) is 22.3 Å². The van der Waals surface area contributed by atoms with Crippen LogP contribution in [0.25, 0.3) is 10.9 Å². The molecule has 5 nitrogen and oxygen atoms in total. The number of hydrogen-bond acceptors (Lipinski definition) is 4. The smallest absolute Gasteiger partial charge is 0.341 e. The highest BCUT2D eigenvalue weighted by atomic mass is 79.9. The summed E-state index contributed by atoms with van der Waals surface area (Å²) in [6.07, 6.45) is 1.62. The molecule has 0 aliphatic carbocycles. The minimum atomic E-state index is -0.444. The highest BCUT2D eigenvalue weighted by Crippen LogP contribution is 2.34. The molecule has 0 saturated heterocycles. The molecule has 6 heteroatoms. The van der Waals surface area contributed by atoms with Crippen LogP contribution >= 0.6 is 15.9 Å². The lowest BCUT2D eigenvalue weighted by Crippen LogP contribution is -2.04. The largest absolute Gasteiger partial charge is 0.496 e. The number of rotatable bonds is 2. The Balaban J connectivity index is 2.80. The molecule has 0 aliphatic rings. The molecule has 0 fully saturated rings. The van der Waals surface area contributed by atoms with Gasteiger partial charge in [-0.25, -0.2) is 4.79 Å². The zero-order valence-corrected chi connectivity index (χ0v) is 10.3. The number of nitrogens with one attached hydrogen (secondary N) is 1. The van der Waals surface area contributed by atoms with E-state index in [0.29, 0.717) is 21.3 Å². The van der Waals surface area contributed by atoms with Gasteiger partial charge in [0.05, 0.1) is 30.4 Å². The fraction of sp³-hybridized carbons (Fsp3) is 0.200. The van der Waals surface area contributed by atoms with Crippen LogP contribution in [0.1, 0.15) is 10.4 Å². The summed E-state index contributed by atoms with van der Waals surface area (Å²) in [4.78, 5) is 11.7. The van der Waals surface area contributed by atoms with Gasteiger partial charge in [-0.2, -0.15) is 5.10 Å². The Morgan fingerprint density at radius 3 is 2.88 bits per heavy atom. The first-order valence-corrected chi connectivity index (χ1v) is 5.26. The van der Waals surface area contributed by atoms with Crippen LogP contribution in [0.5, 0.6) is 5.75 Å². The van der Waals surface area contributed by atoms with Gasteiger partial charge >= 0.3 is 5.97 Å². The average molecular weight is 285 g/mol. The number of H-pyrrole nitrogens is 1. The lowest BCUT2D eigenvalue weighted by atomic mass is 10.1. The van der Waals surface area contributed by atoms with Crippen LogP contribution in [-0.4, -0.2) is 30.4 Å². The molecule has 84 valence electrons. The fourth-order valence-electron chi connectivity index (χ4n) is 1.48. The number of carbonyl (C=O) groups excluding carboxylic acids is 1. The molecule has 2 aromatic rings. The van der Waals surface area contributed by atoms with E-state index in [4.69, 9.17) is 9.47 Å². The first-order chi connectivity index (χ1) is 7.69. The maximum Gasteiger partial charge on any atom is 0.341 e. The molecule has 0 saturated carbocycles. The molecule has 0 aliphatic heterocycles. The van der Waals surface area contributed by atoms with Crippen LogP contribution in [0.15, 0.2) is 16.7 Å². The third kappa shape index (κ3) is 1.55. The zero-order valence-electron chi connectivity index (χ0n) is 8.70. The van der Waals surface area contributed by atoms with Crippen LogP contribution in [0.2, 0.25) is 0 Å². The quantitative estimate of drug-likeness (QED) is 0.858. The van der Waals surface area contributed by atoms with Gasteiger partial charge in [-0.15, -0.1) is 0 Å². The molecular weight excluding hydrogens is 276 g/mol. The zero-order chi connectivity index (χ0) is 11.7. The number of benzene rings is 1. The molecule has 1 aromatic heterocycles. The monoisotopic (exact) mass is 284 g/mol. The second kappa shape index (κ2) is 4.13. The van der Waals surface area contributed by atoms with Crippen molar-refractivity contribution >= 4 is 32.8 Å². The topological polar surface area (TPSA) is 64.2 Å². The van der Waals surface area contributed by atoms with E-state index in [9.17, 15) is 4.79 Å². The maximum absolute atomic E-state index is 11.7. The predicted octanol–water partition coefficient (Wildman–Crippen LogP) is 2.12. The van der Waals surface area contributed by atoms with E-state index < -0.39 is 5.97 Å². The van der Waals surface area contributed by atoms with Crippen molar-refractivity contribution in [2.24, 2.45) is 0 Å². The van der Waals surface area contributed by atoms with Gasteiger partial charge in [-0.3, -0.25) is 5.10 Å². The third-order valence-electron chi connectivity index (χ3n) is 2.25. The number of carbonyl (C=O) groups is 1. The van der Waals surface area contributed by atoms with Gasteiger partial charge in [0.1, 0.15) is 11.3 Å². The van der Waals surface area contributed by atoms with Crippen molar-refractivity contribution in [2.45, 2.75) is 0 Å². The lowest BCUT2D eigenvalue weighted by molar-refractivity contribution is 0.0601. The van der Waals surface area contributed by atoms with Crippen molar-refractivity contribution < 1.29 is 14.3 Å². The van der Waals surface area contributed by atoms with Crippen molar-refractivity contribution in [3.63, 3.8) is 0 Å². The van der Waals surface area contributed by atoms with E-state index in [1.807, 2.05) is 0 Å². The minimum absolute atomic E-state index is 0.384. The van der Waals surface area contributed by atoms with Crippen molar-refractivity contribution in [3.8, 4) is 5.75 Å². The Bertz CT molecular complexity index is 550. The highest BCUT2D eigenvalue weighted by molar-refractivity contribution is 9.10. The molecule has 0 amide bonds. The predicted molar refractivity (Wildman–Crippen MR) is 61.7 cm³/mol. The van der Waals surface area contributed by atoms with Gasteiger partial charge in [0.25, 0.3) is 0 Å². The lowest BCUT2D eigenvalue weighted by Gasteiger charge is -2.08. The number of hydrogen-bond donors (Lipinski definition) is 1. The minimum Gasteiger partial charge on any atom is -0.496 e. The van der Waals surface area contributed by atoms with Gasteiger partial charge in [0.2, 0.25) is 0 Å². The van der Waals surface area contributed by atoms with Gasteiger partial charge in [0.15, 0.2) is 0 Å².